The Balaban J connectivity index is 2.02. The molecule has 3 rings (SSSR count). The summed E-state index contributed by atoms with van der Waals surface area (Å²) in [7, 11) is 1.77. The molecule has 152 valence electrons. The lowest BCUT2D eigenvalue weighted by atomic mass is 9.92. The molecule has 0 radical (unpaired) electrons. The maximum absolute atomic E-state index is 15.0. The Morgan fingerprint density at radius 1 is 1.21 bits per heavy atom. The van der Waals surface area contributed by atoms with Crippen LogP contribution in [0.4, 0.5) is 20.2 Å². The van der Waals surface area contributed by atoms with Crippen molar-refractivity contribution < 1.29 is 13.9 Å². The van der Waals surface area contributed by atoms with E-state index in [0.717, 1.165) is 11.3 Å². The number of hydrogen-bond donors (Lipinski definition) is 1. The summed E-state index contributed by atoms with van der Waals surface area (Å²) in [5.41, 5.74) is 3.64. The van der Waals surface area contributed by atoms with Crippen molar-refractivity contribution in [3.05, 3.63) is 89.8 Å². The van der Waals surface area contributed by atoms with Gasteiger partial charge in [-0.3, -0.25) is 0 Å². The molecule has 0 bridgehead atoms. The fourth-order valence-electron chi connectivity index (χ4n) is 3.56. The molecule has 0 amide bonds. The molecular weight excluding hydrogens is 370 g/mol. The van der Waals surface area contributed by atoms with Crippen LogP contribution in [0.15, 0.2) is 67.1 Å². The third-order valence-corrected chi connectivity index (χ3v) is 4.90. The van der Waals surface area contributed by atoms with Gasteiger partial charge in [-0.05, 0) is 41.3 Å². The van der Waals surface area contributed by atoms with Gasteiger partial charge in [0.15, 0.2) is 0 Å². The van der Waals surface area contributed by atoms with Gasteiger partial charge in [-0.2, -0.15) is 0 Å². The highest BCUT2D eigenvalue weighted by Gasteiger charge is 2.25. The number of anilines is 2. The summed E-state index contributed by atoms with van der Waals surface area (Å²) in [6.45, 7) is 12.9. The quantitative estimate of drug-likeness (QED) is 0.603. The van der Waals surface area contributed by atoms with Gasteiger partial charge in [0.25, 0.3) is 0 Å². The molecule has 1 aliphatic rings. The zero-order valence-corrected chi connectivity index (χ0v) is 17.0. The van der Waals surface area contributed by atoms with Gasteiger partial charge in [0, 0.05) is 37.5 Å². The number of halogens is 2. The Hall–Kier alpha value is -3.08. The van der Waals surface area contributed by atoms with E-state index in [0.29, 0.717) is 41.4 Å². The number of aliphatic hydroxyl groups is 1. The second kappa shape index (κ2) is 8.11. The lowest BCUT2D eigenvalue weighted by molar-refractivity contribution is 0.429. The molecule has 0 saturated heterocycles. The van der Waals surface area contributed by atoms with E-state index in [1.54, 1.807) is 30.3 Å². The van der Waals surface area contributed by atoms with Crippen LogP contribution < -0.4 is 9.80 Å². The van der Waals surface area contributed by atoms with Gasteiger partial charge in [0.05, 0.1) is 11.4 Å². The molecule has 0 aromatic heterocycles. The second-order valence-corrected chi connectivity index (χ2v) is 7.82. The van der Waals surface area contributed by atoms with Crippen LogP contribution in [0, 0.1) is 17.6 Å². The highest BCUT2D eigenvalue weighted by atomic mass is 19.1. The molecule has 1 heterocycles. The average Bonchev–Trinajstić information content (AvgIpc) is 2.63. The molecule has 1 aliphatic heterocycles. The van der Waals surface area contributed by atoms with Gasteiger partial charge in [-0.1, -0.05) is 39.1 Å². The largest absolute Gasteiger partial charge is 0.508 e. The average molecular weight is 396 g/mol. The van der Waals surface area contributed by atoms with Crippen molar-refractivity contribution in [2.75, 3.05) is 23.4 Å². The topological polar surface area (TPSA) is 26.7 Å². The third-order valence-electron chi connectivity index (χ3n) is 4.90. The molecule has 29 heavy (non-hydrogen) atoms. The predicted molar refractivity (Wildman–Crippen MR) is 116 cm³/mol. The van der Waals surface area contributed by atoms with Crippen LogP contribution in [-0.4, -0.2) is 18.7 Å². The first-order valence-electron chi connectivity index (χ1n) is 9.53. The van der Waals surface area contributed by atoms with Gasteiger partial charge < -0.3 is 14.9 Å². The van der Waals surface area contributed by atoms with E-state index in [2.05, 4.69) is 27.0 Å². The van der Waals surface area contributed by atoms with Gasteiger partial charge in [0.2, 0.25) is 0 Å². The molecule has 5 heteroatoms. The summed E-state index contributed by atoms with van der Waals surface area (Å²) >= 11 is 0. The lowest BCUT2D eigenvalue weighted by Gasteiger charge is -2.33. The van der Waals surface area contributed by atoms with Crippen molar-refractivity contribution in [3.8, 4) is 0 Å². The molecule has 0 unspecified atom stereocenters. The number of fused-ring (bicyclic) bond motifs is 1. The van der Waals surface area contributed by atoms with Crippen molar-refractivity contribution in [1.29, 1.82) is 0 Å². The van der Waals surface area contributed by atoms with E-state index < -0.39 is 5.82 Å². The van der Waals surface area contributed by atoms with E-state index in [1.165, 1.54) is 18.2 Å². The number of hydrogen-bond acceptors (Lipinski definition) is 3. The Labute approximate surface area is 170 Å². The van der Waals surface area contributed by atoms with Crippen molar-refractivity contribution >= 4 is 16.9 Å². The fraction of sp³-hybridized carbons (Fsp3) is 0.250. The Bertz CT molecular complexity index is 994. The van der Waals surface area contributed by atoms with E-state index in [1.807, 2.05) is 11.0 Å². The fourth-order valence-corrected chi connectivity index (χ4v) is 3.56. The maximum Gasteiger partial charge on any atom is 0.147 e. The highest BCUT2D eigenvalue weighted by molar-refractivity contribution is 5.92. The standard InChI is InChI=1S/C24H26F2N2O/c1-15(2)12-28-14-21(17(4)29)16(3)20-10-22(26)24(11-23(20)28)27(5)13-18-7-6-8-19(25)9-18/h6-11,14-15,29H,3-4,12-13H2,1-2,5H3. The Morgan fingerprint density at radius 2 is 1.93 bits per heavy atom. The molecule has 0 saturated carbocycles. The molecule has 0 fully saturated rings. The number of benzene rings is 2. The molecule has 1 N–H and O–H groups in total. The molecule has 0 spiro atoms. The molecule has 2 aromatic carbocycles. The van der Waals surface area contributed by atoms with Crippen LogP contribution >= 0.6 is 0 Å². The van der Waals surface area contributed by atoms with E-state index >= 15 is 4.39 Å². The summed E-state index contributed by atoms with van der Waals surface area (Å²) in [6, 6.07) is 9.51. The van der Waals surface area contributed by atoms with Crippen LogP contribution in [-0.2, 0) is 6.54 Å². The van der Waals surface area contributed by atoms with Crippen molar-refractivity contribution in [1.82, 2.24) is 0 Å². The summed E-state index contributed by atoms with van der Waals surface area (Å²) in [6.07, 6.45) is 1.81. The summed E-state index contributed by atoms with van der Waals surface area (Å²) in [4.78, 5) is 3.75. The van der Waals surface area contributed by atoms with Crippen LogP contribution in [0.25, 0.3) is 5.57 Å². The minimum absolute atomic E-state index is 0.0953. The molecule has 3 nitrogen and oxygen atoms in total. The zero-order valence-electron chi connectivity index (χ0n) is 17.0. The van der Waals surface area contributed by atoms with Crippen LogP contribution in [0.1, 0.15) is 25.0 Å². The maximum atomic E-state index is 15.0. The minimum Gasteiger partial charge on any atom is -0.508 e. The zero-order chi connectivity index (χ0) is 21.3. The summed E-state index contributed by atoms with van der Waals surface area (Å²) < 4.78 is 28.5. The first-order valence-corrected chi connectivity index (χ1v) is 9.53. The van der Waals surface area contributed by atoms with Crippen molar-refractivity contribution in [2.45, 2.75) is 20.4 Å². The Morgan fingerprint density at radius 3 is 2.55 bits per heavy atom. The van der Waals surface area contributed by atoms with E-state index in [4.69, 9.17) is 0 Å². The van der Waals surface area contributed by atoms with Gasteiger partial charge >= 0.3 is 0 Å². The van der Waals surface area contributed by atoms with Gasteiger partial charge in [0.1, 0.15) is 17.4 Å². The lowest BCUT2D eigenvalue weighted by Crippen LogP contribution is -2.27. The summed E-state index contributed by atoms with van der Waals surface area (Å²) in [5.74, 6) is -0.472. The summed E-state index contributed by atoms with van der Waals surface area (Å²) in [5, 5.41) is 9.94. The predicted octanol–water partition coefficient (Wildman–Crippen LogP) is 6.05. The van der Waals surface area contributed by atoms with Crippen LogP contribution in [0.5, 0.6) is 0 Å². The van der Waals surface area contributed by atoms with Gasteiger partial charge in [-0.25, -0.2) is 8.78 Å². The first-order chi connectivity index (χ1) is 13.7. The van der Waals surface area contributed by atoms with E-state index in [9.17, 15) is 9.50 Å². The van der Waals surface area contributed by atoms with E-state index in [-0.39, 0.29) is 11.6 Å². The minimum atomic E-state index is -0.405. The third kappa shape index (κ3) is 4.34. The first kappa shape index (κ1) is 20.6. The molecule has 0 aliphatic carbocycles. The normalized spacial score (nSPS) is 13.4. The second-order valence-electron chi connectivity index (χ2n) is 7.82. The van der Waals surface area contributed by atoms with Crippen molar-refractivity contribution in [3.63, 3.8) is 0 Å². The number of rotatable bonds is 6. The smallest absolute Gasteiger partial charge is 0.147 e. The van der Waals surface area contributed by atoms with Crippen LogP contribution in [0.3, 0.4) is 0 Å². The number of nitrogens with zero attached hydrogens (tertiary/aromatic N) is 2. The Kier molecular flexibility index (Phi) is 5.78. The van der Waals surface area contributed by atoms with Crippen LogP contribution in [0.2, 0.25) is 0 Å². The SMILES string of the molecule is C=C(O)C1=CN(CC(C)C)c2cc(N(C)Cc3cccc(F)c3)c(F)cc2C1=C. The number of aliphatic hydroxyl groups excluding tert-OH is 1. The highest BCUT2D eigenvalue weighted by Crippen LogP contribution is 2.41. The van der Waals surface area contributed by atoms with Crippen molar-refractivity contribution in [2.24, 2.45) is 5.92 Å². The number of allylic oxidation sites excluding steroid dienone is 1. The van der Waals surface area contributed by atoms with Gasteiger partial charge in [-0.15, -0.1) is 0 Å². The molecular formula is C24H26F2N2O. The molecule has 2 aromatic rings. The monoisotopic (exact) mass is 396 g/mol. The molecule has 0 atom stereocenters.